The summed E-state index contributed by atoms with van der Waals surface area (Å²) in [6.07, 6.45) is 2.21. The van der Waals surface area contributed by atoms with E-state index in [4.69, 9.17) is 4.74 Å². The molecule has 0 N–H and O–H groups in total. The third-order valence-electron chi connectivity index (χ3n) is 1.90. The summed E-state index contributed by atoms with van der Waals surface area (Å²) >= 11 is 3.36. The zero-order valence-corrected chi connectivity index (χ0v) is 8.68. The van der Waals surface area contributed by atoms with Crippen LogP contribution in [-0.2, 0) is 9.53 Å². The fraction of sp³-hybridized carbons (Fsp3) is 0.875. The molecular weight excluding hydrogens is 222 g/mol. The lowest BCUT2D eigenvalue weighted by atomic mass is 10.3. The molecule has 0 aromatic carbocycles. The molecule has 0 aromatic heterocycles. The van der Waals surface area contributed by atoms with Gasteiger partial charge in [0.05, 0.1) is 6.61 Å². The maximum atomic E-state index is 11.2. The van der Waals surface area contributed by atoms with E-state index < -0.39 is 0 Å². The van der Waals surface area contributed by atoms with Gasteiger partial charge < -0.3 is 9.64 Å². The Hall–Kier alpha value is -0.0900. The second kappa shape index (κ2) is 5.54. The summed E-state index contributed by atoms with van der Waals surface area (Å²) < 4.78 is 5.02. The molecule has 0 bridgehead atoms. The van der Waals surface area contributed by atoms with Crippen LogP contribution >= 0.6 is 15.9 Å². The fourth-order valence-corrected chi connectivity index (χ4v) is 1.58. The molecule has 1 fully saturated rings. The highest BCUT2D eigenvalue weighted by atomic mass is 79.9. The summed E-state index contributed by atoms with van der Waals surface area (Å²) in [5.41, 5.74) is 0. The number of alkyl halides is 1. The molecule has 1 aliphatic rings. The maximum Gasteiger partial charge on any atom is 0.248 e. The van der Waals surface area contributed by atoms with Gasteiger partial charge in [0.1, 0.15) is 6.61 Å². The number of morpholine rings is 1. The van der Waals surface area contributed by atoms with Gasteiger partial charge in [0.15, 0.2) is 0 Å². The van der Waals surface area contributed by atoms with E-state index in [1.165, 1.54) is 0 Å². The summed E-state index contributed by atoms with van der Waals surface area (Å²) in [5.74, 6) is 0.135. The number of amides is 1. The maximum absolute atomic E-state index is 11.2. The first-order chi connectivity index (χ1) is 5.84. The highest BCUT2D eigenvalue weighted by molar-refractivity contribution is 9.09. The van der Waals surface area contributed by atoms with Crippen molar-refractivity contribution in [1.82, 2.24) is 4.90 Å². The number of ether oxygens (including phenoxy) is 1. The van der Waals surface area contributed by atoms with Crippen LogP contribution in [0.25, 0.3) is 0 Å². The quantitative estimate of drug-likeness (QED) is 0.538. The minimum Gasteiger partial charge on any atom is -0.370 e. The molecule has 1 rings (SSSR count). The second-order valence-corrected chi connectivity index (χ2v) is 3.62. The van der Waals surface area contributed by atoms with Crippen LogP contribution in [0.2, 0.25) is 0 Å². The number of halogens is 1. The van der Waals surface area contributed by atoms with Crippen LogP contribution in [-0.4, -0.2) is 42.4 Å². The topological polar surface area (TPSA) is 29.5 Å². The van der Waals surface area contributed by atoms with E-state index in [9.17, 15) is 4.79 Å². The van der Waals surface area contributed by atoms with Gasteiger partial charge in [0.25, 0.3) is 0 Å². The lowest BCUT2D eigenvalue weighted by molar-refractivity contribution is -0.142. The van der Waals surface area contributed by atoms with Crippen molar-refractivity contribution in [2.45, 2.75) is 12.8 Å². The van der Waals surface area contributed by atoms with Crippen LogP contribution in [0.3, 0.4) is 0 Å². The molecular formula is C8H14BrNO2. The highest BCUT2D eigenvalue weighted by Crippen LogP contribution is 2.02. The van der Waals surface area contributed by atoms with Gasteiger partial charge in [-0.05, 0) is 12.8 Å². The fourth-order valence-electron chi connectivity index (χ4n) is 1.18. The van der Waals surface area contributed by atoms with E-state index in [1.54, 1.807) is 0 Å². The predicted molar refractivity (Wildman–Crippen MR) is 50.4 cm³/mol. The average Bonchev–Trinajstić information content (AvgIpc) is 2.09. The summed E-state index contributed by atoms with van der Waals surface area (Å²) in [7, 11) is 0. The number of carbonyl (C=O) groups excluding carboxylic acids is 1. The van der Waals surface area contributed by atoms with Crippen LogP contribution < -0.4 is 0 Å². The Bertz CT molecular complexity index is 152. The minimum atomic E-state index is 0.135. The molecule has 0 aliphatic carbocycles. The van der Waals surface area contributed by atoms with Crippen LogP contribution in [0.5, 0.6) is 0 Å². The van der Waals surface area contributed by atoms with E-state index in [0.29, 0.717) is 6.61 Å². The van der Waals surface area contributed by atoms with Crippen LogP contribution in [0, 0.1) is 0 Å². The Morgan fingerprint density at radius 3 is 3.00 bits per heavy atom. The van der Waals surface area contributed by atoms with Crippen LogP contribution in [0.1, 0.15) is 12.8 Å². The molecule has 0 spiro atoms. The lowest BCUT2D eigenvalue weighted by Gasteiger charge is -2.26. The Morgan fingerprint density at radius 2 is 2.33 bits per heavy atom. The molecule has 3 nitrogen and oxygen atoms in total. The lowest BCUT2D eigenvalue weighted by Crippen LogP contribution is -2.41. The van der Waals surface area contributed by atoms with Crippen molar-refractivity contribution >= 4 is 21.8 Å². The molecule has 1 aliphatic heterocycles. The highest BCUT2D eigenvalue weighted by Gasteiger charge is 2.17. The number of hydrogen-bond acceptors (Lipinski definition) is 2. The zero-order valence-electron chi connectivity index (χ0n) is 7.09. The third kappa shape index (κ3) is 3.11. The zero-order chi connectivity index (χ0) is 8.81. The van der Waals surface area contributed by atoms with Crippen molar-refractivity contribution in [2.24, 2.45) is 0 Å². The SMILES string of the molecule is O=C1COCCN1CCCCBr. The van der Waals surface area contributed by atoms with Gasteiger partial charge in [-0.1, -0.05) is 15.9 Å². The molecule has 0 aromatic rings. The average molecular weight is 236 g/mol. The first-order valence-corrected chi connectivity index (χ1v) is 5.38. The van der Waals surface area contributed by atoms with E-state index in [1.807, 2.05) is 4.90 Å². The molecule has 0 radical (unpaired) electrons. The third-order valence-corrected chi connectivity index (χ3v) is 2.46. The smallest absolute Gasteiger partial charge is 0.248 e. The summed E-state index contributed by atoms with van der Waals surface area (Å²) in [4.78, 5) is 13.1. The molecule has 1 saturated heterocycles. The first kappa shape index (κ1) is 9.99. The summed E-state index contributed by atoms with van der Waals surface area (Å²) in [6, 6.07) is 0. The number of hydrogen-bond donors (Lipinski definition) is 0. The van der Waals surface area contributed by atoms with Gasteiger partial charge in [-0.25, -0.2) is 0 Å². The standard InChI is InChI=1S/C8H14BrNO2/c9-3-1-2-4-10-5-6-12-7-8(10)11/h1-7H2. The first-order valence-electron chi connectivity index (χ1n) is 4.26. The molecule has 4 heteroatoms. The largest absolute Gasteiger partial charge is 0.370 e. The summed E-state index contributed by atoms with van der Waals surface area (Å²) in [6.45, 7) is 2.61. The molecule has 0 unspecified atom stereocenters. The number of unbranched alkanes of at least 4 members (excludes halogenated alkanes) is 1. The molecule has 1 amide bonds. The van der Waals surface area contributed by atoms with E-state index in [-0.39, 0.29) is 12.5 Å². The van der Waals surface area contributed by atoms with Gasteiger partial charge in [0.2, 0.25) is 5.91 Å². The molecule has 12 heavy (non-hydrogen) atoms. The van der Waals surface area contributed by atoms with E-state index >= 15 is 0 Å². The monoisotopic (exact) mass is 235 g/mol. The van der Waals surface area contributed by atoms with Gasteiger partial charge in [-0.2, -0.15) is 0 Å². The Labute approximate surface area is 81.2 Å². The van der Waals surface area contributed by atoms with E-state index in [0.717, 1.165) is 31.3 Å². The summed E-state index contributed by atoms with van der Waals surface area (Å²) in [5, 5.41) is 1.02. The van der Waals surface area contributed by atoms with Crippen molar-refractivity contribution in [1.29, 1.82) is 0 Å². The minimum absolute atomic E-state index is 0.135. The van der Waals surface area contributed by atoms with Crippen molar-refractivity contribution in [3.63, 3.8) is 0 Å². The molecule has 70 valence electrons. The Balaban J connectivity index is 2.16. The number of rotatable bonds is 4. The number of carbonyl (C=O) groups is 1. The van der Waals surface area contributed by atoms with E-state index in [2.05, 4.69) is 15.9 Å². The van der Waals surface area contributed by atoms with Gasteiger partial charge >= 0.3 is 0 Å². The van der Waals surface area contributed by atoms with Crippen molar-refractivity contribution < 1.29 is 9.53 Å². The van der Waals surface area contributed by atoms with Gasteiger partial charge in [0, 0.05) is 18.4 Å². The van der Waals surface area contributed by atoms with Crippen molar-refractivity contribution in [3.05, 3.63) is 0 Å². The van der Waals surface area contributed by atoms with Gasteiger partial charge in [-0.15, -0.1) is 0 Å². The predicted octanol–water partition coefficient (Wildman–Crippen LogP) is 1.02. The normalized spacial score (nSPS) is 18.4. The van der Waals surface area contributed by atoms with Gasteiger partial charge in [-0.3, -0.25) is 4.79 Å². The molecule has 0 atom stereocenters. The Kier molecular flexibility index (Phi) is 4.61. The van der Waals surface area contributed by atoms with Crippen LogP contribution in [0.15, 0.2) is 0 Å². The van der Waals surface area contributed by atoms with Crippen molar-refractivity contribution in [3.8, 4) is 0 Å². The Morgan fingerprint density at radius 1 is 1.50 bits per heavy atom. The van der Waals surface area contributed by atoms with Crippen molar-refractivity contribution in [2.75, 3.05) is 31.6 Å². The van der Waals surface area contributed by atoms with Crippen LogP contribution in [0.4, 0.5) is 0 Å². The molecule has 0 saturated carbocycles. The second-order valence-electron chi connectivity index (χ2n) is 2.83. The number of nitrogens with zero attached hydrogens (tertiary/aromatic N) is 1. The molecule has 1 heterocycles.